The van der Waals surface area contributed by atoms with Crippen LogP contribution in [0, 0.1) is 3.57 Å². The van der Waals surface area contributed by atoms with Crippen LogP contribution in [0.15, 0.2) is 88.2 Å². The minimum Gasteiger partial charge on any atom is -0.482 e. The molecule has 3 aromatic carbocycles. The molecule has 0 aromatic heterocycles. The molecule has 6 heteroatoms. The van der Waals surface area contributed by atoms with Crippen LogP contribution in [-0.4, -0.2) is 23.4 Å². The number of carboxylic acids is 1. The number of benzene rings is 3. The highest BCUT2D eigenvalue weighted by atomic mass is 127. The van der Waals surface area contributed by atoms with Crippen molar-refractivity contribution in [1.29, 1.82) is 0 Å². The van der Waals surface area contributed by atoms with E-state index in [-0.39, 0.29) is 6.61 Å². The van der Waals surface area contributed by atoms with Crippen LogP contribution >= 0.6 is 50.3 Å². The van der Waals surface area contributed by atoms with Crippen molar-refractivity contribution in [2.45, 2.75) is 4.90 Å². The summed E-state index contributed by atoms with van der Waals surface area (Å²) < 4.78 is 7.31. The molecule has 0 aliphatic heterocycles. The molecular weight excluding hydrogens is 563 g/mol. The molecule has 3 nitrogen and oxygen atoms in total. The zero-order valence-corrected chi connectivity index (χ0v) is 19.9. The lowest BCUT2D eigenvalue weighted by Gasteiger charge is -2.10. The Labute approximate surface area is 196 Å². The van der Waals surface area contributed by atoms with Gasteiger partial charge in [-0.05, 0) is 85.6 Å². The Morgan fingerprint density at radius 3 is 2.38 bits per heavy atom. The third-order valence-electron chi connectivity index (χ3n) is 4.03. The van der Waals surface area contributed by atoms with Crippen molar-refractivity contribution in [2.75, 3.05) is 12.4 Å². The maximum absolute atomic E-state index is 10.6. The van der Waals surface area contributed by atoms with Gasteiger partial charge in [-0.1, -0.05) is 48.5 Å². The standard InChI is InChI=1S/C23H18BrIO3S/c24-21-14-19(28-15-23(26)27)10-11-22(21)29-13-12-20(16-4-2-1-3-5-16)17-6-8-18(25)9-7-17/h1-12,14H,13,15H2,(H,26,27). The highest BCUT2D eigenvalue weighted by molar-refractivity contribution is 14.1. The Bertz CT molecular complexity index is 1000. The van der Waals surface area contributed by atoms with Gasteiger partial charge in [-0.25, -0.2) is 4.79 Å². The van der Waals surface area contributed by atoms with Crippen LogP contribution in [0.5, 0.6) is 5.75 Å². The van der Waals surface area contributed by atoms with E-state index in [1.807, 2.05) is 12.1 Å². The van der Waals surface area contributed by atoms with Crippen LogP contribution < -0.4 is 4.74 Å². The Kier molecular flexibility index (Phi) is 8.20. The van der Waals surface area contributed by atoms with E-state index in [2.05, 4.69) is 93.1 Å². The van der Waals surface area contributed by atoms with Gasteiger partial charge in [-0.15, -0.1) is 11.8 Å². The minimum atomic E-state index is -0.992. The molecule has 3 rings (SSSR count). The first-order valence-corrected chi connectivity index (χ1v) is 11.7. The molecule has 0 bridgehead atoms. The molecule has 0 amide bonds. The van der Waals surface area contributed by atoms with Crippen molar-refractivity contribution in [3.8, 4) is 5.75 Å². The van der Waals surface area contributed by atoms with E-state index in [1.165, 1.54) is 20.3 Å². The Hall–Kier alpha value is -1.77. The second kappa shape index (κ2) is 10.8. The lowest BCUT2D eigenvalue weighted by atomic mass is 9.98. The summed E-state index contributed by atoms with van der Waals surface area (Å²) in [6.07, 6.45) is 2.24. The summed E-state index contributed by atoms with van der Waals surface area (Å²) in [5.74, 6) is 0.334. The second-order valence-corrected chi connectivity index (χ2v) is 9.24. The summed E-state index contributed by atoms with van der Waals surface area (Å²) in [5.41, 5.74) is 3.58. The van der Waals surface area contributed by atoms with Crippen molar-refractivity contribution >= 4 is 61.8 Å². The van der Waals surface area contributed by atoms with Gasteiger partial charge in [-0.2, -0.15) is 0 Å². The van der Waals surface area contributed by atoms with Crippen LogP contribution in [0.4, 0.5) is 0 Å². The molecule has 0 fully saturated rings. The fourth-order valence-electron chi connectivity index (χ4n) is 2.70. The largest absolute Gasteiger partial charge is 0.482 e. The van der Waals surface area contributed by atoms with E-state index in [0.717, 1.165) is 15.1 Å². The third kappa shape index (κ3) is 6.62. The molecule has 0 atom stereocenters. The Morgan fingerprint density at radius 2 is 1.72 bits per heavy atom. The summed E-state index contributed by atoms with van der Waals surface area (Å²) in [6, 6.07) is 24.4. The van der Waals surface area contributed by atoms with Crippen LogP contribution in [0.1, 0.15) is 11.1 Å². The topological polar surface area (TPSA) is 46.5 Å². The fraction of sp³-hybridized carbons (Fsp3) is 0.0870. The SMILES string of the molecule is O=C(O)COc1ccc(SCC=C(c2ccccc2)c2ccc(I)cc2)c(Br)c1. The summed E-state index contributed by atoms with van der Waals surface area (Å²) in [5, 5.41) is 8.72. The lowest BCUT2D eigenvalue weighted by Crippen LogP contribution is -2.09. The zero-order valence-electron chi connectivity index (χ0n) is 15.3. The molecule has 29 heavy (non-hydrogen) atoms. The van der Waals surface area contributed by atoms with Crippen LogP contribution in [0.25, 0.3) is 5.57 Å². The van der Waals surface area contributed by atoms with Gasteiger partial charge >= 0.3 is 5.97 Å². The zero-order chi connectivity index (χ0) is 20.6. The van der Waals surface area contributed by atoms with Crippen LogP contribution in [0.3, 0.4) is 0 Å². The maximum atomic E-state index is 10.6. The molecular formula is C23H18BrIO3S. The van der Waals surface area contributed by atoms with E-state index in [0.29, 0.717) is 5.75 Å². The van der Waals surface area contributed by atoms with Crippen LogP contribution in [0.2, 0.25) is 0 Å². The molecule has 0 heterocycles. The van der Waals surface area contributed by atoms with Crippen molar-refractivity contribution < 1.29 is 14.6 Å². The van der Waals surface area contributed by atoms with E-state index in [4.69, 9.17) is 9.84 Å². The highest BCUT2D eigenvalue weighted by Gasteiger charge is 2.07. The third-order valence-corrected chi connectivity index (χ3v) is 6.67. The first kappa shape index (κ1) is 21.9. The van der Waals surface area contributed by atoms with Crippen molar-refractivity contribution in [2.24, 2.45) is 0 Å². The average molecular weight is 581 g/mol. The number of carboxylic acid groups (broad SMARTS) is 1. The summed E-state index contributed by atoms with van der Waals surface area (Å²) in [6.45, 7) is -0.349. The van der Waals surface area contributed by atoms with E-state index in [9.17, 15) is 4.79 Å². The summed E-state index contributed by atoms with van der Waals surface area (Å²) in [7, 11) is 0. The molecule has 0 spiro atoms. The Morgan fingerprint density at radius 1 is 1.03 bits per heavy atom. The minimum absolute atomic E-state index is 0.349. The number of thioether (sulfide) groups is 1. The van der Waals surface area contributed by atoms with Crippen LogP contribution in [-0.2, 0) is 4.79 Å². The van der Waals surface area contributed by atoms with Gasteiger partial charge in [-0.3, -0.25) is 0 Å². The number of halogens is 2. The monoisotopic (exact) mass is 580 g/mol. The van der Waals surface area contributed by atoms with Gasteiger partial charge in [0.25, 0.3) is 0 Å². The van der Waals surface area contributed by atoms with Gasteiger partial charge in [0.2, 0.25) is 0 Å². The first-order chi connectivity index (χ1) is 14.0. The van der Waals surface area contributed by atoms with Gasteiger partial charge in [0.05, 0.1) is 0 Å². The normalized spacial score (nSPS) is 11.3. The number of hydrogen-bond acceptors (Lipinski definition) is 3. The van der Waals surface area contributed by atoms with Gasteiger partial charge in [0.15, 0.2) is 6.61 Å². The molecule has 0 saturated carbocycles. The quantitative estimate of drug-likeness (QED) is 0.237. The van der Waals surface area contributed by atoms with Gasteiger partial charge < -0.3 is 9.84 Å². The predicted molar refractivity (Wildman–Crippen MR) is 131 cm³/mol. The van der Waals surface area contributed by atoms with E-state index >= 15 is 0 Å². The first-order valence-electron chi connectivity index (χ1n) is 8.81. The van der Waals surface area contributed by atoms with Crippen molar-refractivity contribution in [1.82, 2.24) is 0 Å². The number of carbonyl (C=O) groups is 1. The molecule has 0 radical (unpaired) electrons. The molecule has 1 N–H and O–H groups in total. The lowest BCUT2D eigenvalue weighted by molar-refractivity contribution is -0.139. The van der Waals surface area contributed by atoms with Crippen molar-refractivity contribution in [3.63, 3.8) is 0 Å². The van der Waals surface area contributed by atoms with E-state index in [1.54, 1.807) is 23.9 Å². The molecule has 0 unspecified atom stereocenters. The van der Waals surface area contributed by atoms with Crippen molar-refractivity contribution in [3.05, 3.63) is 98.0 Å². The average Bonchev–Trinajstić information content (AvgIpc) is 2.72. The second-order valence-electron chi connectivity index (χ2n) is 6.08. The number of aliphatic carboxylic acids is 1. The molecule has 0 aliphatic carbocycles. The number of ether oxygens (including phenoxy) is 1. The fourth-order valence-corrected chi connectivity index (χ4v) is 4.55. The molecule has 0 saturated heterocycles. The number of hydrogen-bond donors (Lipinski definition) is 1. The maximum Gasteiger partial charge on any atom is 0.341 e. The summed E-state index contributed by atoms with van der Waals surface area (Å²) >= 11 is 7.57. The smallest absolute Gasteiger partial charge is 0.341 e. The van der Waals surface area contributed by atoms with Gasteiger partial charge in [0, 0.05) is 18.7 Å². The Balaban J connectivity index is 1.76. The molecule has 0 aliphatic rings. The van der Waals surface area contributed by atoms with Gasteiger partial charge in [0.1, 0.15) is 5.75 Å². The predicted octanol–water partition coefficient (Wildman–Crippen LogP) is 6.74. The molecule has 148 valence electrons. The molecule has 3 aromatic rings. The number of rotatable bonds is 8. The van der Waals surface area contributed by atoms with E-state index < -0.39 is 5.97 Å². The highest BCUT2D eigenvalue weighted by Crippen LogP contribution is 2.32. The summed E-state index contributed by atoms with van der Waals surface area (Å²) in [4.78, 5) is 11.7.